The molecule has 3 aromatic rings. The molecule has 0 saturated heterocycles. The Hall–Kier alpha value is -2.95. The first-order chi connectivity index (χ1) is 12.8. The van der Waals surface area contributed by atoms with Crippen LogP contribution in [0.15, 0.2) is 42.6 Å². The predicted molar refractivity (Wildman–Crippen MR) is 92.3 cm³/mol. The van der Waals surface area contributed by atoms with Crippen LogP contribution in [0.1, 0.15) is 15.4 Å². The fourth-order valence-corrected chi connectivity index (χ4v) is 2.66. The van der Waals surface area contributed by atoms with Crippen LogP contribution in [0.5, 0.6) is 23.0 Å². The summed E-state index contributed by atoms with van der Waals surface area (Å²) in [6, 6.07) is 10.3. The number of aromatic nitrogens is 1. The molecule has 0 radical (unpaired) electrons. The Morgan fingerprint density at radius 1 is 1.00 bits per heavy atom. The molecule has 1 heterocycles. The highest BCUT2D eigenvalue weighted by Gasteiger charge is 2.11. The van der Waals surface area contributed by atoms with Gasteiger partial charge in [0, 0.05) is 18.0 Å². The van der Waals surface area contributed by atoms with Crippen molar-refractivity contribution in [3.05, 3.63) is 53.9 Å². The zero-order chi connectivity index (χ0) is 19.6. The first-order valence-electron chi connectivity index (χ1n) is 8.81. The van der Waals surface area contributed by atoms with Gasteiger partial charge in [0.05, 0.1) is 31.1 Å². The summed E-state index contributed by atoms with van der Waals surface area (Å²) in [7, 11) is 0.485. The van der Waals surface area contributed by atoms with Crippen molar-refractivity contribution in [2.24, 2.45) is 0 Å². The Kier molecular flexibility index (Phi) is 3.46. The molecule has 5 heteroatoms. The molecular formula is C19H19NO4. The van der Waals surface area contributed by atoms with E-state index in [1.807, 2.05) is 18.2 Å². The Morgan fingerprint density at radius 3 is 2.58 bits per heavy atom. The van der Waals surface area contributed by atoms with Crippen LogP contribution in [0.4, 0.5) is 0 Å². The van der Waals surface area contributed by atoms with Gasteiger partial charge in [0.25, 0.3) is 0 Å². The van der Waals surface area contributed by atoms with Crippen molar-refractivity contribution in [2.45, 2.75) is 6.42 Å². The van der Waals surface area contributed by atoms with Gasteiger partial charge in [-0.15, -0.1) is 0 Å². The zero-order valence-corrected chi connectivity index (χ0v) is 13.4. The molecule has 0 saturated carbocycles. The number of nitrogens with zero attached hydrogens (tertiary/aromatic N) is 1. The number of benzene rings is 2. The highest BCUT2D eigenvalue weighted by atomic mass is 16.5. The Morgan fingerprint density at radius 2 is 1.83 bits per heavy atom. The lowest BCUT2D eigenvalue weighted by molar-refractivity contribution is 0.354. The molecule has 2 aromatic carbocycles. The molecule has 0 unspecified atom stereocenters. The van der Waals surface area contributed by atoms with Crippen molar-refractivity contribution < 1.29 is 23.4 Å². The number of phenolic OH excluding ortho intramolecular Hbond substituents is 1. The molecule has 5 nitrogen and oxygen atoms in total. The van der Waals surface area contributed by atoms with Gasteiger partial charge in [-0.2, -0.15) is 0 Å². The van der Waals surface area contributed by atoms with Crippen molar-refractivity contribution in [3.63, 3.8) is 0 Å². The van der Waals surface area contributed by atoms with Crippen LogP contribution >= 0.6 is 0 Å². The molecule has 124 valence electrons. The van der Waals surface area contributed by atoms with Gasteiger partial charge in [-0.05, 0) is 41.3 Å². The third-order valence-corrected chi connectivity index (χ3v) is 3.86. The van der Waals surface area contributed by atoms with E-state index in [1.165, 1.54) is 12.1 Å². The van der Waals surface area contributed by atoms with Crippen LogP contribution in [-0.4, -0.2) is 31.3 Å². The van der Waals surface area contributed by atoms with Crippen LogP contribution in [0.2, 0.25) is 0 Å². The van der Waals surface area contributed by atoms with E-state index >= 15 is 0 Å². The van der Waals surface area contributed by atoms with E-state index in [1.54, 1.807) is 26.5 Å². The van der Waals surface area contributed by atoms with Crippen molar-refractivity contribution >= 4 is 10.8 Å². The first kappa shape index (κ1) is 12.5. The molecule has 1 aromatic heterocycles. The maximum absolute atomic E-state index is 10.1. The van der Waals surface area contributed by atoms with Crippen LogP contribution in [-0.2, 0) is 6.42 Å². The largest absolute Gasteiger partial charge is 0.504 e. The molecule has 0 atom stereocenters. The van der Waals surface area contributed by atoms with E-state index in [0.717, 1.165) is 16.6 Å². The second kappa shape index (κ2) is 6.66. The minimum absolute atomic E-state index is 0.107. The van der Waals surface area contributed by atoms with Crippen LogP contribution < -0.4 is 14.2 Å². The van der Waals surface area contributed by atoms with E-state index in [9.17, 15) is 5.11 Å². The summed E-state index contributed by atoms with van der Waals surface area (Å²) >= 11 is 0. The molecule has 0 aliphatic rings. The van der Waals surface area contributed by atoms with Gasteiger partial charge in [-0.1, -0.05) is 6.07 Å². The fourth-order valence-electron chi connectivity index (χ4n) is 2.66. The second-order valence-corrected chi connectivity index (χ2v) is 5.27. The number of aromatic hydroxyl groups is 1. The SMILES string of the molecule is [2H]C([2H])([2H])Oc1cc2c(Cc3ccc(OC)c(OC)c3)nccc2cc1O. The number of ether oxygens (including phenoxy) is 3. The van der Waals surface area contributed by atoms with Gasteiger partial charge in [0.1, 0.15) is 0 Å². The number of rotatable bonds is 5. The van der Waals surface area contributed by atoms with Crippen molar-refractivity contribution in [3.8, 4) is 23.0 Å². The fraction of sp³-hybridized carbons (Fsp3) is 0.211. The van der Waals surface area contributed by atoms with E-state index < -0.39 is 7.04 Å². The van der Waals surface area contributed by atoms with Gasteiger partial charge in [0.2, 0.25) is 0 Å². The third-order valence-electron chi connectivity index (χ3n) is 3.86. The number of fused-ring (bicyclic) bond motifs is 1. The topological polar surface area (TPSA) is 60.8 Å². The van der Waals surface area contributed by atoms with E-state index in [4.69, 9.17) is 18.3 Å². The first-order valence-corrected chi connectivity index (χ1v) is 7.31. The lowest BCUT2D eigenvalue weighted by atomic mass is 10.0. The summed E-state index contributed by atoms with van der Waals surface area (Å²) in [5, 5.41) is 11.5. The Bertz CT molecular complexity index is 973. The minimum Gasteiger partial charge on any atom is -0.504 e. The van der Waals surface area contributed by atoms with E-state index in [-0.39, 0.29) is 11.5 Å². The second-order valence-electron chi connectivity index (χ2n) is 5.27. The van der Waals surface area contributed by atoms with Crippen LogP contribution in [0.3, 0.4) is 0 Å². The average Bonchev–Trinajstić information content (AvgIpc) is 2.61. The number of phenols is 1. The monoisotopic (exact) mass is 328 g/mol. The molecule has 3 rings (SSSR count). The average molecular weight is 328 g/mol. The molecule has 1 N–H and O–H groups in total. The number of methoxy groups -OCH3 is 3. The van der Waals surface area contributed by atoms with Gasteiger partial charge < -0.3 is 19.3 Å². The van der Waals surface area contributed by atoms with Crippen LogP contribution in [0.25, 0.3) is 10.8 Å². The van der Waals surface area contributed by atoms with Gasteiger partial charge in [-0.25, -0.2) is 0 Å². The summed E-state index contributed by atoms with van der Waals surface area (Å²) < 4.78 is 37.2. The molecule has 0 amide bonds. The van der Waals surface area contributed by atoms with Crippen molar-refractivity contribution in [2.75, 3.05) is 21.3 Å². The van der Waals surface area contributed by atoms with Crippen molar-refractivity contribution in [1.82, 2.24) is 4.98 Å². The Labute approximate surface area is 144 Å². The summed E-state index contributed by atoms with van der Waals surface area (Å²) in [5.74, 6) is 0.899. The van der Waals surface area contributed by atoms with Gasteiger partial charge in [-0.3, -0.25) is 4.98 Å². The molecule has 0 aliphatic carbocycles. The molecule has 0 spiro atoms. The molecule has 24 heavy (non-hydrogen) atoms. The minimum atomic E-state index is -2.66. The smallest absolute Gasteiger partial charge is 0.161 e. The summed E-state index contributed by atoms with van der Waals surface area (Å²) in [5.41, 5.74) is 1.66. The maximum atomic E-state index is 10.1. The lowest BCUT2D eigenvalue weighted by Gasteiger charge is -2.11. The third kappa shape index (κ3) is 2.93. The van der Waals surface area contributed by atoms with Gasteiger partial charge >= 0.3 is 0 Å². The molecule has 0 aliphatic heterocycles. The molecular weight excluding hydrogens is 306 g/mol. The highest BCUT2D eigenvalue weighted by Crippen LogP contribution is 2.33. The summed E-state index contributed by atoms with van der Waals surface area (Å²) in [4.78, 5) is 4.42. The van der Waals surface area contributed by atoms with Crippen molar-refractivity contribution in [1.29, 1.82) is 0 Å². The number of hydrogen-bond donors (Lipinski definition) is 1. The van der Waals surface area contributed by atoms with E-state index in [0.29, 0.717) is 23.3 Å². The number of hydrogen-bond acceptors (Lipinski definition) is 5. The zero-order valence-electron chi connectivity index (χ0n) is 16.4. The maximum Gasteiger partial charge on any atom is 0.161 e. The quantitative estimate of drug-likeness (QED) is 0.776. The standard InChI is InChI=1S/C19H19NO4/c1-22-17-5-4-12(9-19(17)24-3)8-15-14-11-18(23-2)16(21)10-13(14)6-7-20-15/h4-7,9-11,21H,8H2,1-3H3/i2D3. The lowest BCUT2D eigenvalue weighted by Crippen LogP contribution is -1.97. The summed E-state index contributed by atoms with van der Waals surface area (Å²) in [6.07, 6.45) is 2.12. The van der Waals surface area contributed by atoms with Crippen LogP contribution in [0, 0.1) is 0 Å². The van der Waals surface area contributed by atoms with Gasteiger partial charge in [0.15, 0.2) is 23.0 Å². The van der Waals surface area contributed by atoms with E-state index in [2.05, 4.69) is 4.98 Å². The predicted octanol–water partition coefficient (Wildman–Crippen LogP) is 3.56. The highest BCUT2D eigenvalue weighted by molar-refractivity contribution is 5.88. The molecule has 0 fully saturated rings. The number of pyridine rings is 1. The molecule has 0 bridgehead atoms. The Balaban J connectivity index is 2.03. The summed E-state index contributed by atoms with van der Waals surface area (Å²) in [6.45, 7) is 0. The normalized spacial score (nSPS) is 13.0.